The molecule has 3 N–H and O–H groups in total. The topological polar surface area (TPSA) is 67.2 Å². The molecule has 5 nitrogen and oxygen atoms in total. The Labute approximate surface area is 301 Å². The number of aromatic hydroxyl groups is 1. The zero-order valence-corrected chi connectivity index (χ0v) is 29.7. The molecule has 0 amide bonds. The fourth-order valence-electron chi connectivity index (χ4n) is 8.73. The van der Waals surface area contributed by atoms with E-state index in [2.05, 4.69) is 9.80 Å². The van der Waals surface area contributed by atoms with E-state index in [1.807, 2.05) is 135 Å². The molecule has 50 heavy (non-hydrogen) atoms. The molecule has 7 rings (SSSR count). The summed E-state index contributed by atoms with van der Waals surface area (Å²) in [6, 6.07) is 39.4. The number of benzene rings is 5. The van der Waals surface area contributed by atoms with Gasteiger partial charge in [-0.2, -0.15) is 0 Å². The zero-order chi connectivity index (χ0) is 34.9. The summed E-state index contributed by atoms with van der Waals surface area (Å²) in [5.74, 6) is 0.256. The SMILES string of the molecule is Cc1c(Cl)c(C)c(CN2CCC[C@@H]2C(O)(c2ccccc2)c2ccccc2)c(O)c1CN1CCC[C@@H]1C(O)(c1ccccc1)c1ccccc1. The molecule has 2 heterocycles. The minimum absolute atomic E-state index is 0.204. The smallest absolute Gasteiger partial charge is 0.130 e. The third-order valence-corrected chi connectivity index (χ3v) is 12.0. The lowest BCUT2D eigenvalue weighted by Gasteiger charge is -2.41. The molecule has 5 aromatic carbocycles. The van der Waals surface area contributed by atoms with Gasteiger partial charge >= 0.3 is 0 Å². The number of aliphatic hydroxyl groups is 2. The highest BCUT2D eigenvalue weighted by Gasteiger charge is 2.47. The number of halogens is 1. The van der Waals surface area contributed by atoms with Gasteiger partial charge in [-0.15, -0.1) is 0 Å². The van der Waals surface area contributed by atoms with Crippen molar-refractivity contribution in [3.8, 4) is 5.75 Å². The zero-order valence-electron chi connectivity index (χ0n) is 29.0. The maximum absolute atomic E-state index is 12.7. The van der Waals surface area contributed by atoms with Crippen molar-refractivity contribution in [2.75, 3.05) is 13.1 Å². The minimum atomic E-state index is -1.23. The van der Waals surface area contributed by atoms with Crippen molar-refractivity contribution < 1.29 is 15.3 Å². The van der Waals surface area contributed by atoms with Gasteiger partial charge in [-0.3, -0.25) is 9.80 Å². The Morgan fingerprint density at radius 2 is 0.860 bits per heavy atom. The van der Waals surface area contributed by atoms with Crippen molar-refractivity contribution in [3.63, 3.8) is 0 Å². The van der Waals surface area contributed by atoms with Crippen LogP contribution in [0.15, 0.2) is 121 Å². The summed E-state index contributed by atoms with van der Waals surface area (Å²) < 4.78 is 0. The average molecular weight is 687 g/mol. The van der Waals surface area contributed by atoms with Gasteiger partial charge in [0.05, 0.1) is 0 Å². The van der Waals surface area contributed by atoms with Crippen molar-refractivity contribution >= 4 is 11.6 Å². The van der Waals surface area contributed by atoms with Gasteiger partial charge in [-0.1, -0.05) is 133 Å². The van der Waals surface area contributed by atoms with E-state index in [9.17, 15) is 15.3 Å². The Hall–Kier alpha value is -3.97. The first-order valence-corrected chi connectivity index (χ1v) is 18.3. The second-order valence-corrected chi connectivity index (χ2v) is 14.5. The van der Waals surface area contributed by atoms with E-state index in [-0.39, 0.29) is 17.8 Å². The van der Waals surface area contributed by atoms with Crippen LogP contribution in [-0.2, 0) is 24.3 Å². The maximum Gasteiger partial charge on any atom is 0.130 e. The number of phenols is 1. The molecule has 2 atom stereocenters. The molecule has 2 aliphatic rings. The lowest BCUT2D eigenvalue weighted by Crippen LogP contribution is -2.48. The lowest BCUT2D eigenvalue weighted by atomic mass is 9.78. The summed E-state index contributed by atoms with van der Waals surface area (Å²) in [5.41, 5.74) is 4.28. The largest absolute Gasteiger partial charge is 0.507 e. The molecule has 2 aliphatic heterocycles. The average Bonchev–Trinajstić information content (AvgIpc) is 3.85. The van der Waals surface area contributed by atoms with E-state index in [0.717, 1.165) is 83.3 Å². The molecular formula is C44H47ClN2O3. The first-order valence-electron chi connectivity index (χ1n) is 17.9. The molecule has 0 radical (unpaired) electrons. The molecule has 0 aromatic heterocycles. The monoisotopic (exact) mass is 686 g/mol. The van der Waals surface area contributed by atoms with E-state index >= 15 is 0 Å². The number of rotatable bonds is 10. The van der Waals surface area contributed by atoms with Crippen molar-refractivity contribution in [1.29, 1.82) is 0 Å². The predicted molar refractivity (Wildman–Crippen MR) is 201 cm³/mol. The van der Waals surface area contributed by atoms with Crippen LogP contribution in [0.2, 0.25) is 5.02 Å². The Balaban J connectivity index is 1.24. The van der Waals surface area contributed by atoms with Gasteiger partial charge in [-0.25, -0.2) is 0 Å². The van der Waals surface area contributed by atoms with Gasteiger partial charge in [0.15, 0.2) is 0 Å². The second kappa shape index (κ2) is 14.3. The molecule has 0 saturated carbocycles. The van der Waals surface area contributed by atoms with Gasteiger partial charge in [0.25, 0.3) is 0 Å². The van der Waals surface area contributed by atoms with E-state index in [0.29, 0.717) is 18.1 Å². The van der Waals surface area contributed by atoms with Crippen LogP contribution in [-0.4, -0.2) is 50.3 Å². The molecule has 2 saturated heterocycles. The lowest BCUT2D eigenvalue weighted by molar-refractivity contribution is -0.00741. The second-order valence-electron chi connectivity index (χ2n) is 14.1. The summed E-state index contributed by atoms with van der Waals surface area (Å²) in [5, 5.41) is 38.3. The molecule has 0 spiro atoms. The number of hydrogen-bond donors (Lipinski definition) is 3. The highest BCUT2D eigenvalue weighted by atomic mass is 35.5. The summed E-state index contributed by atoms with van der Waals surface area (Å²) in [4.78, 5) is 4.64. The highest BCUT2D eigenvalue weighted by molar-refractivity contribution is 6.32. The molecular weight excluding hydrogens is 640 g/mol. The third-order valence-electron chi connectivity index (χ3n) is 11.4. The number of hydrogen-bond acceptors (Lipinski definition) is 5. The third kappa shape index (κ3) is 6.06. The van der Waals surface area contributed by atoms with Gasteiger partial charge in [0, 0.05) is 41.3 Å². The summed E-state index contributed by atoms with van der Waals surface area (Å²) in [6.45, 7) is 6.48. The molecule has 0 unspecified atom stereocenters. The van der Waals surface area contributed by atoms with Crippen LogP contribution < -0.4 is 0 Å². The molecule has 0 bridgehead atoms. The van der Waals surface area contributed by atoms with Crippen LogP contribution in [0.1, 0.15) is 70.2 Å². The predicted octanol–water partition coefficient (Wildman–Crippen LogP) is 8.46. The van der Waals surface area contributed by atoms with Crippen LogP contribution in [0.5, 0.6) is 5.75 Å². The van der Waals surface area contributed by atoms with Crippen LogP contribution in [0, 0.1) is 13.8 Å². The van der Waals surface area contributed by atoms with E-state index in [1.165, 1.54) is 0 Å². The van der Waals surface area contributed by atoms with E-state index in [1.54, 1.807) is 0 Å². The Kier molecular flexibility index (Phi) is 9.89. The first-order chi connectivity index (χ1) is 24.2. The minimum Gasteiger partial charge on any atom is -0.507 e. The van der Waals surface area contributed by atoms with Gasteiger partial charge in [0.1, 0.15) is 17.0 Å². The van der Waals surface area contributed by atoms with Crippen molar-refractivity contribution in [2.24, 2.45) is 0 Å². The molecule has 0 aliphatic carbocycles. The summed E-state index contributed by atoms with van der Waals surface area (Å²) in [6.07, 6.45) is 3.51. The number of likely N-dealkylation sites (tertiary alicyclic amines) is 2. The summed E-state index contributed by atoms with van der Waals surface area (Å²) >= 11 is 7.12. The number of phenolic OH excluding ortho intramolecular Hbond substituents is 1. The standard InChI is InChI=1S/C44H47ClN2O3/c1-31-37(29-46-27-15-25-39(46)43(49,33-17-7-3-8-18-33)34-19-9-4-10-20-34)42(48)38(32(2)41(31)45)30-47-28-16-26-40(47)44(50,35-21-11-5-12-22-35)36-23-13-6-14-24-36/h3-14,17-24,39-40,48-50H,15-16,25-30H2,1-2H3/t39-,40-/m1/s1. The Morgan fingerprint density at radius 3 is 1.16 bits per heavy atom. The summed E-state index contributed by atoms with van der Waals surface area (Å²) in [7, 11) is 0. The molecule has 5 aromatic rings. The fourth-order valence-corrected chi connectivity index (χ4v) is 8.95. The molecule has 6 heteroatoms. The number of nitrogens with zero attached hydrogens (tertiary/aromatic N) is 2. The van der Waals surface area contributed by atoms with Gasteiger partial charge < -0.3 is 15.3 Å². The van der Waals surface area contributed by atoms with Crippen LogP contribution in [0.25, 0.3) is 0 Å². The van der Waals surface area contributed by atoms with E-state index < -0.39 is 11.2 Å². The fraction of sp³-hybridized carbons (Fsp3) is 0.318. The Bertz CT molecular complexity index is 1690. The van der Waals surface area contributed by atoms with Crippen molar-refractivity contribution in [2.45, 2.75) is 75.9 Å². The van der Waals surface area contributed by atoms with E-state index in [4.69, 9.17) is 11.6 Å². The van der Waals surface area contributed by atoms with Gasteiger partial charge in [0.2, 0.25) is 0 Å². The van der Waals surface area contributed by atoms with Crippen molar-refractivity contribution in [1.82, 2.24) is 9.80 Å². The molecule has 2 fully saturated rings. The molecule has 258 valence electrons. The quantitative estimate of drug-likeness (QED) is 0.138. The van der Waals surface area contributed by atoms with Crippen LogP contribution in [0.3, 0.4) is 0 Å². The first kappa shape index (κ1) is 34.5. The normalized spacial score (nSPS) is 18.9. The highest BCUT2D eigenvalue weighted by Crippen LogP contribution is 2.45. The van der Waals surface area contributed by atoms with Crippen LogP contribution >= 0.6 is 11.6 Å². The Morgan fingerprint density at radius 1 is 0.560 bits per heavy atom. The van der Waals surface area contributed by atoms with Crippen molar-refractivity contribution in [3.05, 3.63) is 171 Å². The maximum atomic E-state index is 12.7. The van der Waals surface area contributed by atoms with Gasteiger partial charge in [-0.05, 0) is 86.0 Å². The van der Waals surface area contributed by atoms with Crippen LogP contribution in [0.4, 0.5) is 0 Å².